The number of aromatic nitrogens is 4. The number of imidazole rings is 1. The molecule has 4 heterocycles. The van der Waals surface area contributed by atoms with Crippen molar-refractivity contribution in [1.82, 2.24) is 18.5 Å². The summed E-state index contributed by atoms with van der Waals surface area (Å²) in [5, 5.41) is 11.1. The molecule has 13 aromatic rings. The molecule has 0 N–H and O–H groups in total. The van der Waals surface area contributed by atoms with Crippen LogP contribution in [-0.2, 0) is 0 Å². The van der Waals surface area contributed by atoms with Gasteiger partial charge in [0.15, 0.2) is 0 Å². The van der Waals surface area contributed by atoms with Crippen molar-refractivity contribution in [2.24, 2.45) is 0 Å². The molecule has 0 atom stereocenters. The van der Waals surface area contributed by atoms with Crippen LogP contribution in [0.15, 0.2) is 194 Å². The molecule has 0 aliphatic carbocycles. The normalized spacial score (nSPS) is 12.2. The van der Waals surface area contributed by atoms with E-state index in [1.54, 1.807) is 0 Å². The Morgan fingerprint density at radius 3 is 1.35 bits per heavy atom. The Morgan fingerprint density at radius 2 is 0.789 bits per heavy atom. The van der Waals surface area contributed by atoms with Crippen molar-refractivity contribution in [2.75, 3.05) is 0 Å². The van der Waals surface area contributed by atoms with Crippen LogP contribution in [0.25, 0.3) is 115 Å². The van der Waals surface area contributed by atoms with E-state index >= 15 is 0 Å². The highest BCUT2D eigenvalue weighted by atomic mass is 15.0. The maximum Gasteiger partial charge on any atom is 0.147 e. The van der Waals surface area contributed by atoms with E-state index in [1.165, 1.54) is 70.5 Å². The molecule has 9 aromatic carbocycles. The Morgan fingerprint density at radius 1 is 0.316 bits per heavy atom. The maximum absolute atomic E-state index is 5.49. The molecule has 0 fully saturated rings. The van der Waals surface area contributed by atoms with Gasteiger partial charge in [-0.3, -0.25) is 4.40 Å². The lowest BCUT2D eigenvalue weighted by molar-refractivity contribution is 1.13. The number of nitrogens with zero attached hydrogens (tertiary/aromatic N) is 4. The summed E-state index contributed by atoms with van der Waals surface area (Å²) in [6.45, 7) is 0. The molecular weight excluding hydrogens is 693 g/mol. The SMILES string of the molecule is c1ccc2c(c1)ccc1c3ccccc3n3c4ccc(-c5cc(-n6c7ccccc7c7ccccc76)cc(-n6c7ccccc7c7ccccc76)c5)cc4nc3c21. The van der Waals surface area contributed by atoms with Crippen LogP contribution in [0.5, 0.6) is 0 Å². The highest BCUT2D eigenvalue weighted by Gasteiger charge is 2.19. The van der Waals surface area contributed by atoms with E-state index in [-0.39, 0.29) is 0 Å². The minimum Gasteiger partial charge on any atom is -0.309 e. The average Bonchev–Trinajstić information content (AvgIpc) is 3.94. The Kier molecular flexibility index (Phi) is 6.13. The largest absolute Gasteiger partial charge is 0.309 e. The van der Waals surface area contributed by atoms with Crippen LogP contribution in [0.2, 0.25) is 0 Å². The number of fused-ring (bicyclic) bond motifs is 16. The first-order valence-corrected chi connectivity index (χ1v) is 19.6. The van der Waals surface area contributed by atoms with Gasteiger partial charge in [0.1, 0.15) is 5.65 Å². The molecule has 264 valence electrons. The first-order valence-electron chi connectivity index (χ1n) is 19.6. The fourth-order valence-electron chi connectivity index (χ4n) is 9.73. The summed E-state index contributed by atoms with van der Waals surface area (Å²) in [4.78, 5) is 5.49. The molecule has 4 aromatic heterocycles. The zero-order chi connectivity index (χ0) is 37.2. The fourth-order valence-corrected chi connectivity index (χ4v) is 9.73. The maximum atomic E-state index is 5.49. The molecule has 13 rings (SSSR count). The fraction of sp³-hybridized carbons (Fsp3) is 0. The van der Waals surface area contributed by atoms with E-state index in [2.05, 4.69) is 208 Å². The van der Waals surface area contributed by atoms with Gasteiger partial charge in [0, 0.05) is 43.7 Å². The molecule has 57 heavy (non-hydrogen) atoms. The van der Waals surface area contributed by atoms with E-state index < -0.39 is 0 Å². The lowest BCUT2D eigenvalue weighted by atomic mass is 9.99. The second kappa shape index (κ2) is 11.4. The van der Waals surface area contributed by atoms with E-state index in [0.717, 1.165) is 44.7 Å². The van der Waals surface area contributed by atoms with Gasteiger partial charge in [-0.25, -0.2) is 4.98 Å². The van der Waals surface area contributed by atoms with Crippen molar-refractivity contribution in [1.29, 1.82) is 0 Å². The third-order valence-corrected chi connectivity index (χ3v) is 12.2. The summed E-state index contributed by atoms with van der Waals surface area (Å²) >= 11 is 0. The van der Waals surface area contributed by atoms with Crippen LogP contribution < -0.4 is 0 Å². The van der Waals surface area contributed by atoms with Gasteiger partial charge in [0.05, 0.1) is 38.6 Å². The molecular formula is C53H32N4. The molecule has 0 saturated heterocycles. The lowest BCUT2D eigenvalue weighted by Crippen LogP contribution is -2.00. The second-order valence-electron chi connectivity index (χ2n) is 15.2. The minimum atomic E-state index is 0.971. The number of para-hydroxylation sites is 5. The van der Waals surface area contributed by atoms with E-state index in [0.29, 0.717) is 0 Å². The predicted molar refractivity (Wildman–Crippen MR) is 239 cm³/mol. The summed E-state index contributed by atoms with van der Waals surface area (Å²) in [7, 11) is 0. The molecule has 4 heteroatoms. The van der Waals surface area contributed by atoms with Gasteiger partial charge in [-0.15, -0.1) is 0 Å². The number of hydrogen-bond donors (Lipinski definition) is 0. The number of hydrogen-bond acceptors (Lipinski definition) is 1. The highest BCUT2D eigenvalue weighted by molar-refractivity contribution is 6.23. The van der Waals surface area contributed by atoms with Crippen LogP contribution in [0.1, 0.15) is 0 Å². The second-order valence-corrected chi connectivity index (χ2v) is 15.2. The number of rotatable bonds is 3. The van der Waals surface area contributed by atoms with Crippen LogP contribution in [0, 0.1) is 0 Å². The van der Waals surface area contributed by atoms with Gasteiger partial charge in [0.25, 0.3) is 0 Å². The Balaban J connectivity index is 1.13. The zero-order valence-corrected chi connectivity index (χ0v) is 30.8. The van der Waals surface area contributed by atoms with Crippen LogP contribution in [0.3, 0.4) is 0 Å². The van der Waals surface area contributed by atoms with Crippen LogP contribution in [-0.4, -0.2) is 18.5 Å². The Hall–Kier alpha value is -7.69. The molecule has 0 saturated carbocycles. The van der Waals surface area contributed by atoms with Crippen LogP contribution in [0.4, 0.5) is 0 Å². The van der Waals surface area contributed by atoms with Crippen molar-refractivity contribution in [3.8, 4) is 22.5 Å². The van der Waals surface area contributed by atoms with Crippen molar-refractivity contribution in [3.05, 3.63) is 194 Å². The molecule has 0 radical (unpaired) electrons. The molecule has 0 spiro atoms. The van der Waals surface area contributed by atoms with Crippen molar-refractivity contribution < 1.29 is 0 Å². The lowest BCUT2D eigenvalue weighted by Gasteiger charge is -2.16. The van der Waals surface area contributed by atoms with Gasteiger partial charge in [-0.05, 0) is 87.9 Å². The van der Waals surface area contributed by atoms with E-state index in [9.17, 15) is 0 Å². The average molecular weight is 725 g/mol. The Labute approximate surface area is 326 Å². The molecule has 4 nitrogen and oxygen atoms in total. The van der Waals surface area contributed by atoms with Gasteiger partial charge in [-0.1, -0.05) is 133 Å². The quantitative estimate of drug-likeness (QED) is 0.167. The van der Waals surface area contributed by atoms with Crippen molar-refractivity contribution >= 4 is 92.7 Å². The van der Waals surface area contributed by atoms with E-state index in [4.69, 9.17) is 4.98 Å². The summed E-state index contributed by atoms with van der Waals surface area (Å²) in [5.41, 5.74) is 13.4. The van der Waals surface area contributed by atoms with Crippen molar-refractivity contribution in [3.63, 3.8) is 0 Å². The van der Waals surface area contributed by atoms with Crippen LogP contribution >= 0.6 is 0 Å². The molecule has 0 aliphatic rings. The zero-order valence-electron chi connectivity index (χ0n) is 30.8. The summed E-state index contributed by atoms with van der Waals surface area (Å²) in [6.07, 6.45) is 0. The Bertz CT molecular complexity index is 3580. The number of pyridine rings is 1. The summed E-state index contributed by atoms with van der Waals surface area (Å²) in [6, 6.07) is 70.8. The first kappa shape index (κ1) is 30.6. The smallest absolute Gasteiger partial charge is 0.147 e. The molecule has 0 aliphatic heterocycles. The van der Waals surface area contributed by atoms with Crippen molar-refractivity contribution in [2.45, 2.75) is 0 Å². The standard InChI is InChI=1S/C53H32N4/c1-2-14-38-33(13-1)25-27-44-43-19-7-12-24-50(43)57-51-28-26-34(31-45(51)54-53(57)52(38)44)35-29-36(55-46-20-8-3-15-39(46)40-16-4-9-21-47(40)55)32-37(30-35)56-48-22-10-5-17-41(48)42-18-6-11-23-49(42)56/h1-32H. The third kappa shape index (κ3) is 4.24. The highest BCUT2D eigenvalue weighted by Crippen LogP contribution is 2.40. The molecule has 0 bridgehead atoms. The first-order chi connectivity index (χ1) is 28.3. The monoisotopic (exact) mass is 724 g/mol. The van der Waals surface area contributed by atoms with Gasteiger partial charge >= 0.3 is 0 Å². The number of benzene rings is 9. The van der Waals surface area contributed by atoms with Gasteiger partial charge in [0.2, 0.25) is 0 Å². The molecule has 0 amide bonds. The van der Waals surface area contributed by atoms with E-state index in [1.807, 2.05) is 0 Å². The summed E-state index contributed by atoms with van der Waals surface area (Å²) < 4.78 is 7.22. The topological polar surface area (TPSA) is 27.2 Å². The van der Waals surface area contributed by atoms with Gasteiger partial charge in [-0.2, -0.15) is 0 Å². The minimum absolute atomic E-state index is 0.971. The third-order valence-electron chi connectivity index (χ3n) is 12.2. The predicted octanol–water partition coefficient (Wildman–Crippen LogP) is 13.8. The molecule has 0 unspecified atom stereocenters. The summed E-state index contributed by atoms with van der Waals surface area (Å²) in [5.74, 6) is 0. The van der Waals surface area contributed by atoms with Gasteiger partial charge < -0.3 is 9.13 Å².